The van der Waals surface area contributed by atoms with E-state index in [4.69, 9.17) is 10.7 Å². The molecule has 21 heavy (non-hydrogen) atoms. The second-order valence-electron chi connectivity index (χ2n) is 5.74. The van der Waals surface area contributed by atoms with Crippen molar-refractivity contribution in [3.05, 3.63) is 29.6 Å². The van der Waals surface area contributed by atoms with Crippen LogP contribution in [0.15, 0.2) is 23.1 Å². The molecule has 0 N–H and O–H groups in total. The number of hydrogen-bond acceptors (Lipinski definition) is 3. The number of carbonyl (C=O) groups excluding carboxylic acids is 1. The van der Waals surface area contributed by atoms with E-state index in [9.17, 15) is 17.6 Å². The van der Waals surface area contributed by atoms with Crippen LogP contribution in [0.2, 0.25) is 0 Å². The van der Waals surface area contributed by atoms with Crippen LogP contribution in [-0.2, 0) is 9.05 Å². The fourth-order valence-electron chi connectivity index (χ4n) is 3.39. The van der Waals surface area contributed by atoms with Gasteiger partial charge in [-0.15, -0.1) is 0 Å². The summed E-state index contributed by atoms with van der Waals surface area (Å²) in [6.07, 6.45) is 3.39. The van der Waals surface area contributed by atoms with E-state index in [0.29, 0.717) is 24.9 Å². The SMILES string of the molecule is O=C(c1cc(S(=O)(=O)Cl)ccc1F)N1CC2CCCC2C1. The van der Waals surface area contributed by atoms with Crippen LogP contribution >= 0.6 is 10.7 Å². The molecule has 1 aliphatic carbocycles. The molecule has 1 aromatic carbocycles. The van der Waals surface area contributed by atoms with Crippen LogP contribution in [0.5, 0.6) is 0 Å². The highest BCUT2D eigenvalue weighted by molar-refractivity contribution is 8.13. The molecule has 0 aromatic heterocycles. The van der Waals surface area contributed by atoms with E-state index in [2.05, 4.69) is 0 Å². The lowest BCUT2D eigenvalue weighted by molar-refractivity contribution is 0.0775. The van der Waals surface area contributed by atoms with Gasteiger partial charge in [-0.05, 0) is 42.9 Å². The van der Waals surface area contributed by atoms with Gasteiger partial charge in [0.2, 0.25) is 0 Å². The fourth-order valence-corrected chi connectivity index (χ4v) is 4.17. The molecule has 7 heteroatoms. The Hall–Kier alpha value is -1.14. The van der Waals surface area contributed by atoms with E-state index >= 15 is 0 Å². The molecule has 114 valence electrons. The molecule has 1 aromatic rings. The maximum atomic E-state index is 13.9. The molecule has 2 aliphatic rings. The minimum atomic E-state index is -3.98. The normalized spacial score (nSPS) is 25.1. The zero-order valence-corrected chi connectivity index (χ0v) is 12.8. The first kappa shape index (κ1) is 14.8. The van der Waals surface area contributed by atoms with Gasteiger partial charge in [0.1, 0.15) is 5.82 Å². The Labute approximate surface area is 127 Å². The highest BCUT2D eigenvalue weighted by Gasteiger charge is 2.38. The van der Waals surface area contributed by atoms with Crippen molar-refractivity contribution in [1.29, 1.82) is 0 Å². The van der Waals surface area contributed by atoms with E-state index < -0.39 is 20.8 Å². The summed E-state index contributed by atoms with van der Waals surface area (Å²) in [7, 11) is 1.27. The third kappa shape index (κ3) is 2.79. The van der Waals surface area contributed by atoms with E-state index in [-0.39, 0.29) is 10.5 Å². The molecule has 1 saturated heterocycles. The van der Waals surface area contributed by atoms with Crippen molar-refractivity contribution < 1.29 is 17.6 Å². The Morgan fingerprint density at radius 2 is 1.86 bits per heavy atom. The molecule has 2 atom stereocenters. The second kappa shape index (κ2) is 5.25. The molecule has 1 heterocycles. The van der Waals surface area contributed by atoms with Crippen LogP contribution < -0.4 is 0 Å². The number of rotatable bonds is 2. The van der Waals surface area contributed by atoms with Crippen LogP contribution in [-0.4, -0.2) is 32.3 Å². The Kier molecular flexibility index (Phi) is 3.69. The highest BCUT2D eigenvalue weighted by atomic mass is 35.7. The maximum absolute atomic E-state index is 13.9. The zero-order chi connectivity index (χ0) is 15.2. The van der Waals surface area contributed by atoms with Crippen molar-refractivity contribution in [2.75, 3.05) is 13.1 Å². The lowest BCUT2D eigenvalue weighted by Gasteiger charge is -2.18. The van der Waals surface area contributed by atoms with E-state index in [1.165, 1.54) is 6.42 Å². The van der Waals surface area contributed by atoms with Gasteiger partial charge in [0.25, 0.3) is 15.0 Å². The van der Waals surface area contributed by atoms with E-state index in [0.717, 1.165) is 31.0 Å². The number of likely N-dealkylation sites (tertiary alicyclic amines) is 1. The molecule has 1 aliphatic heterocycles. The summed E-state index contributed by atoms with van der Waals surface area (Å²) < 4.78 is 36.5. The Balaban J connectivity index is 1.88. The summed E-state index contributed by atoms with van der Waals surface area (Å²) in [4.78, 5) is 13.8. The average molecular weight is 332 g/mol. The number of benzene rings is 1. The molecule has 4 nitrogen and oxygen atoms in total. The number of halogens is 2. The largest absolute Gasteiger partial charge is 0.338 e. The number of fused-ring (bicyclic) bond motifs is 1. The molecule has 1 saturated carbocycles. The Morgan fingerprint density at radius 1 is 1.24 bits per heavy atom. The van der Waals surface area contributed by atoms with Crippen molar-refractivity contribution in [1.82, 2.24) is 4.90 Å². The van der Waals surface area contributed by atoms with Crippen molar-refractivity contribution in [3.8, 4) is 0 Å². The van der Waals surface area contributed by atoms with Crippen molar-refractivity contribution in [2.24, 2.45) is 11.8 Å². The van der Waals surface area contributed by atoms with Crippen LogP contribution in [0.25, 0.3) is 0 Å². The summed E-state index contributed by atoms with van der Waals surface area (Å²) in [6, 6.07) is 3.06. The third-order valence-electron chi connectivity index (χ3n) is 4.46. The van der Waals surface area contributed by atoms with Gasteiger partial charge in [0.15, 0.2) is 0 Å². The minimum absolute atomic E-state index is 0.225. The van der Waals surface area contributed by atoms with Crippen LogP contribution in [0.4, 0.5) is 4.39 Å². The highest BCUT2D eigenvalue weighted by Crippen LogP contribution is 2.38. The first-order chi connectivity index (χ1) is 9.86. The molecule has 0 spiro atoms. The number of carbonyl (C=O) groups is 1. The topological polar surface area (TPSA) is 54.5 Å². The van der Waals surface area contributed by atoms with Gasteiger partial charge in [-0.2, -0.15) is 0 Å². The molecular weight excluding hydrogens is 317 g/mol. The predicted octanol–water partition coefficient (Wildman–Crippen LogP) is 2.63. The number of amides is 1. The van der Waals surface area contributed by atoms with Crippen LogP contribution in [0.3, 0.4) is 0 Å². The van der Waals surface area contributed by atoms with Crippen LogP contribution in [0, 0.1) is 17.7 Å². The molecule has 0 bridgehead atoms. The lowest BCUT2D eigenvalue weighted by Crippen LogP contribution is -2.30. The third-order valence-corrected chi connectivity index (χ3v) is 5.81. The summed E-state index contributed by atoms with van der Waals surface area (Å²) in [5.74, 6) is -0.181. The molecule has 0 radical (unpaired) electrons. The van der Waals surface area contributed by atoms with Gasteiger partial charge in [0, 0.05) is 23.8 Å². The van der Waals surface area contributed by atoms with Crippen molar-refractivity contribution in [2.45, 2.75) is 24.2 Å². The Bertz CT molecular complexity index is 679. The van der Waals surface area contributed by atoms with Gasteiger partial charge >= 0.3 is 0 Å². The van der Waals surface area contributed by atoms with Gasteiger partial charge in [-0.1, -0.05) is 6.42 Å². The first-order valence-corrected chi connectivity index (χ1v) is 9.20. The van der Waals surface area contributed by atoms with Gasteiger partial charge < -0.3 is 4.90 Å². The fraction of sp³-hybridized carbons (Fsp3) is 0.500. The standard InChI is InChI=1S/C14H15ClFNO3S/c15-21(19,20)11-4-5-13(16)12(6-11)14(18)17-7-9-2-1-3-10(9)8-17/h4-6,9-10H,1-3,7-8H2. The van der Waals surface area contributed by atoms with Crippen molar-refractivity contribution >= 4 is 25.6 Å². The summed E-state index contributed by atoms with van der Waals surface area (Å²) >= 11 is 0. The van der Waals surface area contributed by atoms with E-state index in [1.807, 2.05) is 0 Å². The zero-order valence-electron chi connectivity index (χ0n) is 11.3. The lowest BCUT2D eigenvalue weighted by atomic mass is 10.0. The summed E-state index contributed by atoms with van der Waals surface area (Å²) in [5, 5.41) is 0. The Morgan fingerprint density at radius 3 is 2.43 bits per heavy atom. The summed E-state index contributed by atoms with van der Waals surface area (Å²) in [6.45, 7) is 1.25. The van der Waals surface area contributed by atoms with Crippen molar-refractivity contribution in [3.63, 3.8) is 0 Å². The second-order valence-corrected chi connectivity index (χ2v) is 8.31. The van der Waals surface area contributed by atoms with Gasteiger partial charge in [-0.25, -0.2) is 12.8 Å². The molecule has 2 unspecified atom stereocenters. The smallest absolute Gasteiger partial charge is 0.261 e. The first-order valence-electron chi connectivity index (χ1n) is 6.90. The predicted molar refractivity (Wildman–Crippen MR) is 76.2 cm³/mol. The maximum Gasteiger partial charge on any atom is 0.261 e. The summed E-state index contributed by atoms with van der Waals surface area (Å²) in [5.41, 5.74) is -0.225. The molecular formula is C14H15ClFNO3S. The average Bonchev–Trinajstić information content (AvgIpc) is 2.97. The van der Waals surface area contributed by atoms with E-state index in [1.54, 1.807) is 4.90 Å². The minimum Gasteiger partial charge on any atom is -0.338 e. The molecule has 2 fully saturated rings. The molecule has 3 rings (SSSR count). The van der Waals surface area contributed by atoms with Gasteiger partial charge in [-0.3, -0.25) is 4.79 Å². The quantitative estimate of drug-likeness (QED) is 0.783. The van der Waals surface area contributed by atoms with Crippen LogP contribution in [0.1, 0.15) is 29.6 Å². The molecule has 1 amide bonds. The monoisotopic (exact) mass is 331 g/mol. The number of hydrogen-bond donors (Lipinski definition) is 0. The number of nitrogens with zero attached hydrogens (tertiary/aromatic N) is 1. The van der Waals surface area contributed by atoms with Gasteiger partial charge in [0.05, 0.1) is 10.5 Å².